The van der Waals surface area contributed by atoms with E-state index in [1.807, 2.05) is 11.8 Å². The summed E-state index contributed by atoms with van der Waals surface area (Å²) in [5.74, 6) is 1.33. The fraction of sp³-hybridized carbons (Fsp3) is 0.333. The molecule has 0 amide bonds. The molecule has 1 aromatic carbocycles. The molecule has 1 aliphatic heterocycles. The third kappa shape index (κ3) is 1.62. The van der Waals surface area contributed by atoms with Gasteiger partial charge < -0.3 is 0 Å². The van der Waals surface area contributed by atoms with Gasteiger partial charge >= 0.3 is 0 Å². The van der Waals surface area contributed by atoms with Crippen molar-refractivity contribution in [3.8, 4) is 0 Å². The van der Waals surface area contributed by atoms with Crippen LogP contribution in [0.15, 0.2) is 28.7 Å². The van der Waals surface area contributed by atoms with Gasteiger partial charge in [-0.15, -0.1) is 0 Å². The maximum Gasteiger partial charge on any atom is 0.0305 e. The second-order valence-electron chi connectivity index (χ2n) is 2.70. The van der Waals surface area contributed by atoms with Crippen molar-refractivity contribution in [2.75, 3.05) is 5.75 Å². The molecule has 1 atom stereocenters. The molecular weight excluding hydrogens is 220 g/mol. The molecule has 1 aliphatic rings. The average Bonchev–Trinajstić information content (AvgIpc) is 1.83. The molecule has 0 radical (unpaired) electrons. The van der Waals surface area contributed by atoms with E-state index in [4.69, 9.17) is 0 Å². The van der Waals surface area contributed by atoms with Crippen LogP contribution in [0.2, 0.25) is 0 Å². The first-order valence-electron chi connectivity index (χ1n) is 3.73. The van der Waals surface area contributed by atoms with Gasteiger partial charge in [0.25, 0.3) is 0 Å². The van der Waals surface area contributed by atoms with Gasteiger partial charge in [0.05, 0.1) is 0 Å². The second-order valence-corrected chi connectivity index (χ2v) is 4.93. The fourth-order valence-corrected chi connectivity index (χ4v) is 2.43. The van der Waals surface area contributed by atoms with Crippen molar-refractivity contribution in [1.82, 2.24) is 0 Å². The van der Waals surface area contributed by atoms with Crippen molar-refractivity contribution < 1.29 is 0 Å². The normalized spacial score (nSPS) is 22.8. The summed E-state index contributed by atoms with van der Waals surface area (Å²) in [7, 11) is 0. The van der Waals surface area contributed by atoms with E-state index in [1.165, 1.54) is 22.2 Å². The van der Waals surface area contributed by atoms with Gasteiger partial charge in [-0.1, -0.05) is 28.1 Å². The van der Waals surface area contributed by atoms with Crippen LogP contribution in [-0.4, -0.2) is 5.75 Å². The molecule has 0 aromatic heterocycles. The molecule has 0 saturated carbocycles. The summed E-state index contributed by atoms with van der Waals surface area (Å²) in [5, 5.41) is 0.771. The van der Waals surface area contributed by atoms with Crippen molar-refractivity contribution in [3.63, 3.8) is 0 Å². The lowest BCUT2D eigenvalue weighted by atomic mass is 10.1. The summed E-state index contributed by atoms with van der Waals surface area (Å²) in [6.07, 6.45) is 1.35. The van der Waals surface area contributed by atoms with Gasteiger partial charge in [0.1, 0.15) is 0 Å². The van der Waals surface area contributed by atoms with Crippen LogP contribution in [0.3, 0.4) is 0 Å². The lowest BCUT2D eigenvalue weighted by Gasteiger charge is -2.25. The Hall–Kier alpha value is 0.0500. The summed E-state index contributed by atoms with van der Waals surface area (Å²) in [4.78, 5) is 0. The molecule has 1 heterocycles. The van der Waals surface area contributed by atoms with Crippen LogP contribution in [0.25, 0.3) is 0 Å². The Balaban J connectivity index is 2.23. The van der Waals surface area contributed by atoms with Crippen molar-refractivity contribution in [2.24, 2.45) is 0 Å². The zero-order valence-corrected chi connectivity index (χ0v) is 8.49. The molecule has 1 fully saturated rings. The third-order valence-corrected chi connectivity index (χ3v) is 3.79. The number of thioether (sulfide) groups is 1. The lowest BCUT2D eigenvalue weighted by Crippen LogP contribution is -2.06. The van der Waals surface area contributed by atoms with E-state index in [-0.39, 0.29) is 0 Å². The van der Waals surface area contributed by atoms with Crippen LogP contribution in [-0.2, 0) is 0 Å². The SMILES string of the molecule is Brc1cccc(C2CCS2)c1. The van der Waals surface area contributed by atoms with E-state index in [9.17, 15) is 0 Å². The zero-order valence-electron chi connectivity index (χ0n) is 6.09. The number of rotatable bonds is 1. The van der Waals surface area contributed by atoms with Gasteiger partial charge in [-0.25, -0.2) is 0 Å². The molecule has 0 bridgehead atoms. The van der Waals surface area contributed by atoms with Gasteiger partial charge in [0.2, 0.25) is 0 Å². The maximum atomic E-state index is 3.47. The summed E-state index contributed by atoms with van der Waals surface area (Å²) in [5.41, 5.74) is 1.47. The smallest absolute Gasteiger partial charge is 0.0305 e. The van der Waals surface area contributed by atoms with Crippen LogP contribution in [0.4, 0.5) is 0 Å². The van der Waals surface area contributed by atoms with Crippen molar-refractivity contribution in [1.29, 1.82) is 0 Å². The van der Waals surface area contributed by atoms with Gasteiger partial charge in [0.15, 0.2) is 0 Å². The fourth-order valence-electron chi connectivity index (χ4n) is 1.21. The predicted molar refractivity (Wildman–Crippen MR) is 54.0 cm³/mol. The highest BCUT2D eigenvalue weighted by Gasteiger charge is 2.19. The van der Waals surface area contributed by atoms with Gasteiger partial charge in [0, 0.05) is 9.72 Å². The molecule has 2 rings (SSSR count). The standard InChI is InChI=1S/C9H9BrS/c10-8-3-1-2-7(6-8)9-4-5-11-9/h1-3,6,9H,4-5H2. The van der Waals surface area contributed by atoms with Gasteiger partial charge in [-0.3, -0.25) is 0 Å². The van der Waals surface area contributed by atoms with Crippen LogP contribution in [0.1, 0.15) is 17.2 Å². The van der Waals surface area contributed by atoms with Crippen LogP contribution < -0.4 is 0 Å². The van der Waals surface area contributed by atoms with Gasteiger partial charge in [-0.2, -0.15) is 11.8 Å². The van der Waals surface area contributed by atoms with E-state index in [2.05, 4.69) is 40.2 Å². The number of hydrogen-bond donors (Lipinski definition) is 0. The summed E-state index contributed by atoms with van der Waals surface area (Å²) in [6.45, 7) is 0. The first kappa shape index (κ1) is 7.69. The largest absolute Gasteiger partial charge is 0.154 e. The van der Waals surface area contributed by atoms with Crippen molar-refractivity contribution in [2.45, 2.75) is 11.7 Å². The molecule has 1 aromatic rings. The average molecular weight is 229 g/mol. The summed E-state index contributed by atoms with van der Waals surface area (Å²) in [6, 6.07) is 8.61. The third-order valence-electron chi connectivity index (χ3n) is 1.92. The minimum atomic E-state index is 0.771. The highest BCUT2D eigenvalue weighted by Crippen LogP contribution is 2.42. The Labute approximate surface area is 79.5 Å². The lowest BCUT2D eigenvalue weighted by molar-refractivity contribution is 0.849. The van der Waals surface area contributed by atoms with Crippen LogP contribution in [0.5, 0.6) is 0 Å². The number of hydrogen-bond acceptors (Lipinski definition) is 1. The number of halogens is 1. The van der Waals surface area contributed by atoms with E-state index in [0.29, 0.717) is 0 Å². The number of benzene rings is 1. The molecule has 1 saturated heterocycles. The minimum Gasteiger partial charge on any atom is -0.154 e. The minimum absolute atomic E-state index is 0.771. The molecule has 58 valence electrons. The Bertz CT molecular complexity index is 255. The van der Waals surface area contributed by atoms with E-state index in [0.717, 1.165) is 5.25 Å². The Kier molecular flexibility index (Phi) is 2.23. The molecule has 2 heteroatoms. The zero-order chi connectivity index (χ0) is 7.68. The first-order chi connectivity index (χ1) is 5.36. The quantitative estimate of drug-likeness (QED) is 0.708. The van der Waals surface area contributed by atoms with E-state index >= 15 is 0 Å². The monoisotopic (exact) mass is 228 g/mol. The first-order valence-corrected chi connectivity index (χ1v) is 5.57. The molecule has 0 aliphatic carbocycles. The van der Waals surface area contributed by atoms with Gasteiger partial charge in [-0.05, 0) is 29.9 Å². The van der Waals surface area contributed by atoms with E-state index < -0.39 is 0 Å². The van der Waals surface area contributed by atoms with Crippen molar-refractivity contribution in [3.05, 3.63) is 34.3 Å². The molecule has 0 N–H and O–H groups in total. The summed E-state index contributed by atoms with van der Waals surface area (Å²) < 4.78 is 1.20. The molecule has 1 unspecified atom stereocenters. The second kappa shape index (κ2) is 3.20. The Morgan fingerprint density at radius 2 is 2.27 bits per heavy atom. The maximum absolute atomic E-state index is 3.47. The van der Waals surface area contributed by atoms with Crippen molar-refractivity contribution >= 4 is 27.7 Å². The molecule has 11 heavy (non-hydrogen) atoms. The topological polar surface area (TPSA) is 0 Å². The van der Waals surface area contributed by atoms with Crippen LogP contribution in [0, 0.1) is 0 Å². The molecule has 0 spiro atoms. The predicted octanol–water partition coefficient (Wildman–Crippen LogP) is 3.63. The molecule has 0 nitrogen and oxygen atoms in total. The molecular formula is C9H9BrS. The highest BCUT2D eigenvalue weighted by atomic mass is 79.9. The summed E-state index contributed by atoms with van der Waals surface area (Å²) >= 11 is 5.52. The highest BCUT2D eigenvalue weighted by molar-refractivity contribution is 9.10. The Morgan fingerprint density at radius 1 is 1.45 bits per heavy atom. The van der Waals surface area contributed by atoms with E-state index in [1.54, 1.807) is 0 Å². The van der Waals surface area contributed by atoms with Crippen LogP contribution >= 0.6 is 27.7 Å². The Morgan fingerprint density at radius 3 is 2.82 bits per heavy atom.